The first-order valence-electron chi connectivity index (χ1n) is 4.66. The molecule has 3 nitrogen and oxygen atoms in total. The van der Waals surface area contributed by atoms with E-state index in [1.165, 1.54) is 4.57 Å². The minimum atomic E-state index is -0.205. The molecule has 1 aromatic rings. The fourth-order valence-corrected chi connectivity index (χ4v) is 1.23. The van der Waals surface area contributed by atoms with Crippen LogP contribution in [-0.2, 0) is 7.05 Å². The fourth-order valence-electron chi connectivity index (χ4n) is 1.23. The minimum absolute atomic E-state index is 0.0920. The molecule has 76 valence electrons. The van der Waals surface area contributed by atoms with Crippen molar-refractivity contribution in [2.45, 2.75) is 20.8 Å². The maximum Gasteiger partial charge on any atom is 0.261 e. The quantitative estimate of drug-likeness (QED) is 0.668. The second kappa shape index (κ2) is 3.78. The van der Waals surface area contributed by atoms with Crippen LogP contribution in [0.2, 0.25) is 0 Å². The summed E-state index contributed by atoms with van der Waals surface area (Å²) in [6.07, 6.45) is 0. The van der Waals surface area contributed by atoms with Crippen LogP contribution >= 0.6 is 0 Å². The van der Waals surface area contributed by atoms with Gasteiger partial charge in [0.25, 0.3) is 5.56 Å². The van der Waals surface area contributed by atoms with Gasteiger partial charge in [-0.15, -0.1) is 0 Å². The Labute approximate surface area is 83.4 Å². The summed E-state index contributed by atoms with van der Waals surface area (Å²) in [5.41, 5.74) is 0.937. The molecule has 0 radical (unpaired) electrons. The number of ketones is 1. The Hall–Kier alpha value is -1.38. The van der Waals surface area contributed by atoms with Crippen LogP contribution in [0, 0.1) is 12.8 Å². The lowest BCUT2D eigenvalue weighted by Gasteiger charge is -2.07. The van der Waals surface area contributed by atoms with E-state index in [9.17, 15) is 9.59 Å². The van der Waals surface area contributed by atoms with Crippen molar-refractivity contribution in [2.75, 3.05) is 0 Å². The van der Waals surface area contributed by atoms with E-state index in [-0.39, 0.29) is 22.8 Å². The summed E-state index contributed by atoms with van der Waals surface area (Å²) in [6, 6.07) is 3.40. The number of Topliss-reactive ketones (excluding diaryl/α,β-unsaturated/α-hetero) is 1. The second-order valence-electron chi connectivity index (χ2n) is 3.77. The van der Waals surface area contributed by atoms with Gasteiger partial charge in [-0.05, 0) is 19.1 Å². The molecule has 1 rings (SSSR count). The Morgan fingerprint density at radius 1 is 1.36 bits per heavy atom. The third-order valence-corrected chi connectivity index (χ3v) is 2.35. The normalized spacial score (nSPS) is 10.6. The minimum Gasteiger partial charge on any atom is -0.315 e. The number of carbonyl (C=O) groups is 1. The number of carbonyl (C=O) groups excluding carboxylic acids is 1. The molecule has 0 aliphatic rings. The van der Waals surface area contributed by atoms with E-state index in [2.05, 4.69) is 0 Å². The molecule has 0 N–H and O–H groups in total. The van der Waals surface area contributed by atoms with E-state index in [0.717, 1.165) is 5.69 Å². The molecule has 0 unspecified atom stereocenters. The molecule has 3 heteroatoms. The largest absolute Gasteiger partial charge is 0.315 e. The van der Waals surface area contributed by atoms with Crippen molar-refractivity contribution >= 4 is 5.78 Å². The highest BCUT2D eigenvalue weighted by atomic mass is 16.1. The van der Waals surface area contributed by atoms with Crippen LogP contribution in [0.3, 0.4) is 0 Å². The first-order chi connectivity index (χ1) is 6.45. The van der Waals surface area contributed by atoms with E-state index in [0.29, 0.717) is 0 Å². The van der Waals surface area contributed by atoms with Gasteiger partial charge in [0.2, 0.25) is 0 Å². The van der Waals surface area contributed by atoms with Gasteiger partial charge in [0, 0.05) is 18.7 Å². The maximum atomic E-state index is 11.7. The van der Waals surface area contributed by atoms with Gasteiger partial charge in [-0.1, -0.05) is 13.8 Å². The van der Waals surface area contributed by atoms with Crippen LogP contribution < -0.4 is 5.56 Å². The number of nitrogens with zero attached hydrogens (tertiary/aromatic N) is 1. The lowest BCUT2D eigenvalue weighted by atomic mass is 10.0. The Kier molecular flexibility index (Phi) is 2.89. The van der Waals surface area contributed by atoms with Crippen LogP contribution in [0.4, 0.5) is 0 Å². The standard InChI is InChI=1S/C11H15NO2/c1-7(2)10(13)9-6-5-8(3)12(4)11(9)14/h5-7H,1-4H3. The number of rotatable bonds is 2. The van der Waals surface area contributed by atoms with E-state index in [1.807, 2.05) is 6.92 Å². The zero-order valence-electron chi connectivity index (χ0n) is 9.00. The predicted octanol–water partition coefficient (Wildman–Crippen LogP) is 1.53. The van der Waals surface area contributed by atoms with Crippen molar-refractivity contribution in [3.63, 3.8) is 0 Å². The molecule has 0 aliphatic carbocycles. The summed E-state index contributed by atoms with van der Waals surface area (Å²) in [5, 5.41) is 0. The molecular weight excluding hydrogens is 178 g/mol. The molecular formula is C11H15NO2. The van der Waals surface area contributed by atoms with Crippen LogP contribution in [0.5, 0.6) is 0 Å². The summed E-state index contributed by atoms with van der Waals surface area (Å²) in [7, 11) is 1.68. The number of hydrogen-bond donors (Lipinski definition) is 0. The SMILES string of the molecule is Cc1ccc(C(=O)C(C)C)c(=O)n1C. The number of aryl methyl sites for hydroxylation is 1. The average Bonchev–Trinajstić information content (AvgIpc) is 2.13. The monoisotopic (exact) mass is 193 g/mol. The second-order valence-corrected chi connectivity index (χ2v) is 3.77. The fraction of sp³-hybridized carbons (Fsp3) is 0.455. The van der Waals surface area contributed by atoms with Gasteiger partial charge in [-0.2, -0.15) is 0 Å². The summed E-state index contributed by atoms with van der Waals surface area (Å²) in [4.78, 5) is 23.3. The molecule has 0 saturated heterocycles. The first-order valence-corrected chi connectivity index (χ1v) is 4.66. The Morgan fingerprint density at radius 3 is 2.43 bits per heavy atom. The molecule has 0 spiro atoms. The molecule has 0 aromatic carbocycles. The van der Waals surface area contributed by atoms with Gasteiger partial charge in [-0.3, -0.25) is 9.59 Å². The highest BCUT2D eigenvalue weighted by Gasteiger charge is 2.15. The van der Waals surface area contributed by atoms with Crippen LogP contribution in [0.25, 0.3) is 0 Å². The summed E-state index contributed by atoms with van der Waals surface area (Å²) in [5.74, 6) is -0.226. The van der Waals surface area contributed by atoms with E-state index < -0.39 is 0 Å². The molecule has 1 heterocycles. The van der Waals surface area contributed by atoms with Gasteiger partial charge in [0.1, 0.15) is 0 Å². The molecule has 0 aliphatic heterocycles. The Bertz CT molecular complexity index is 416. The summed E-state index contributed by atoms with van der Waals surface area (Å²) < 4.78 is 1.50. The highest BCUT2D eigenvalue weighted by molar-refractivity contribution is 5.97. The van der Waals surface area contributed by atoms with Crippen molar-refractivity contribution in [1.82, 2.24) is 4.57 Å². The van der Waals surface area contributed by atoms with Gasteiger partial charge in [0.05, 0.1) is 5.56 Å². The first kappa shape index (κ1) is 10.7. The van der Waals surface area contributed by atoms with E-state index in [4.69, 9.17) is 0 Å². The topological polar surface area (TPSA) is 39.1 Å². The summed E-state index contributed by atoms with van der Waals surface area (Å²) in [6.45, 7) is 5.42. The van der Waals surface area contributed by atoms with Gasteiger partial charge in [-0.25, -0.2) is 0 Å². The average molecular weight is 193 g/mol. The van der Waals surface area contributed by atoms with Crippen molar-refractivity contribution in [1.29, 1.82) is 0 Å². The molecule has 0 bridgehead atoms. The van der Waals surface area contributed by atoms with Crippen molar-refractivity contribution in [3.8, 4) is 0 Å². The third kappa shape index (κ3) is 1.76. The molecule has 0 fully saturated rings. The molecule has 0 saturated carbocycles. The number of pyridine rings is 1. The van der Waals surface area contributed by atoms with Gasteiger partial charge < -0.3 is 4.57 Å². The van der Waals surface area contributed by atoms with E-state index in [1.54, 1.807) is 33.0 Å². The highest BCUT2D eigenvalue weighted by Crippen LogP contribution is 2.04. The van der Waals surface area contributed by atoms with Crippen LogP contribution in [0.1, 0.15) is 29.9 Å². The molecule has 0 atom stereocenters. The van der Waals surface area contributed by atoms with Crippen LogP contribution in [-0.4, -0.2) is 10.4 Å². The van der Waals surface area contributed by atoms with Crippen molar-refractivity contribution in [3.05, 3.63) is 33.7 Å². The number of aromatic nitrogens is 1. The maximum absolute atomic E-state index is 11.7. The molecule has 0 amide bonds. The lowest BCUT2D eigenvalue weighted by molar-refractivity contribution is 0.0937. The predicted molar refractivity (Wildman–Crippen MR) is 55.6 cm³/mol. The van der Waals surface area contributed by atoms with Crippen LogP contribution in [0.15, 0.2) is 16.9 Å². The third-order valence-electron chi connectivity index (χ3n) is 2.35. The van der Waals surface area contributed by atoms with Crippen molar-refractivity contribution in [2.24, 2.45) is 13.0 Å². The molecule has 14 heavy (non-hydrogen) atoms. The van der Waals surface area contributed by atoms with Gasteiger partial charge >= 0.3 is 0 Å². The Morgan fingerprint density at radius 2 is 1.93 bits per heavy atom. The zero-order valence-corrected chi connectivity index (χ0v) is 9.00. The molecule has 1 aromatic heterocycles. The van der Waals surface area contributed by atoms with Crippen molar-refractivity contribution < 1.29 is 4.79 Å². The zero-order chi connectivity index (χ0) is 10.9. The lowest BCUT2D eigenvalue weighted by Crippen LogP contribution is -2.27. The smallest absolute Gasteiger partial charge is 0.261 e. The van der Waals surface area contributed by atoms with Gasteiger partial charge in [0.15, 0.2) is 5.78 Å². The summed E-state index contributed by atoms with van der Waals surface area (Å²) >= 11 is 0. The Balaban J connectivity index is 3.32. The van der Waals surface area contributed by atoms with E-state index >= 15 is 0 Å². The number of hydrogen-bond acceptors (Lipinski definition) is 2.